The summed E-state index contributed by atoms with van der Waals surface area (Å²) in [7, 11) is -3.01. The second kappa shape index (κ2) is 6.68. The van der Waals surface area contributed by atoms with Gasteiger partial charge in [0.15, 0.2) is 0 Å². The van der Waals surface area contributed by atoms with Crippen LogP contribution in [-0.2, 0) is 9.84 Å². The fourth-order valence-corrected chi connectivity index (χ4v) is 3.17. The molecule has 5 heteroatoms. The van der Waals surface area contributed by atoms with Crippen molar-refractivity contribution in [1.29, 1.82) is 0 Å². The van der Waals surface area contributed by atoms with E-state index in [2.05, 4.69) is 5.32 Å². The minimum absolute atomic E-state index is 0.0851. The smallest absolute Gasteiger partial charge is 0.150 e. The first kappa shape index (κ1) is 15.4. The number of sulfone groups is 1. The van der Waals surface area contributed by atoms with Gasteiger partial charge in [-0.2, -0.15) is 0 Å². The zero-order valence-electron chi connectivity index (χ0n) is 11.8. The molecule has 20 heavy (non-hydrogen) atoms. The molecule has 0 aromatic heterocycles. The van der Waals surface area contributed by atoms with Crippen molar-refractivity contribution in [2.75, 3.05) is 18.1 Å². The quantitative estimate of drug-likeness (QED) is 0.802. The van der Waals surface area contributed by atoms with Crippen LogP contribution < -0.4 is 5.32 Å². The van der Waals surface area contributed by atoms with Gasteiger partial charge in [0, 0.05) is 24.3 Å². The van der Waals surface area contributed by atoms with Gasteiger partial charge < -0.3 is 5.32 Å². The van der Waals surface area contributed by atoms with Crippen molar-refractivity contribution in [2.24, 2.45) is 0 Å². The summed E-state index contributed by atoms with van der Waals surface area (Å²) >= 11 is 0. The van der Waals surface area contributed by atoms with Gasteiger partial charge in [-0.1, -0.05) is 25.1 Å². The SMILES string of the molecule is CCS(=O)(=O)CCC(CNC1CC1)c1ccccc1F. The Morgan fingerprint density at radius 1 is 1.35 bits per heavy atom. The highest BCUT2D eigenvalue weighted by molar-refractivity contribution is 7.91. The lowest BCUT2D eigenvalue weighted by Crippen LogP contribution is -2.26. The van der Waals surface area contributed by atoms with Crippen LogP contribution in [0, 0.1) is 5.82 Å². The number of benzene rings is 1. The first-order chi connectivity index (χ1) is 9.52. The van der Waals surface area contributed by atoms with Crippen molar-refractivity contribution in [2.45, 2.75) is 38.1 Å². The molecule has 0 spiro atoms. The highest BCUT2D eigenvalue weighted by atomic mass is 32.2. The Balaban J connectivity index is 2.05. The Kier molecular flexibility index (Phi) is 5.16. The molecular formula is C15H22FNO2S. The largest absolute Gasteiger partial charge is 0.313 e. The molecule has 0 amide bonds. The third kappa shape index (κ3) is 4.56. The molecular weight excluding hydrogens is 277 g/mol. The van der Waals surface area contributed by atoms with Gasteiger partial charge in [-0.25, -0.2) is 12.8 Å². The van der Waals surface area contributed by atoms with E-state index in [1.807, 2.05) is 0 Å². The number of hydrogen-bond acceptors (Lipinski definition) is 3. The van der Waals surface area contributed by atoms with Crippen LogP contribution in [0.25, 0.3) is 0 Å². The summed E-state index contributed by atoms with van der Waals surface area (Å²) in [5.41, 5.74) is 0.618. The lowest BCUT2D eigenvalue weighted by atomic mass is 9.96. The summed E-state index contributed by atoms with van der Waals surface area (Å²) in [6.07, 6.45) is 2.80. The zero-order chi connectivity index (χ0) is 14.6. The van der Waals surface area contributed by atoms with Gasteiger partial charge in [0.05, 0.1) is 5.75 Å². The third-order valence-electron chi connectivity index (χ3n) is 3.79. The Bertz CT molecular complexity index is 541. The van der Waals surface area contributed by atoms with E-state index >= 15 is 0 Å². The van der Waals surface area contributed by atoms with E-state index in [4.69, 9.17) is 0 Å². The van der Waals surface area contributed by atoms with Gasteiger partial charge in [-0.15, -0.1) is 0 Å². The molecule has 1 aliphatic carbocycles. The monoisotopic (exact) mass is 299 g/mol. The Hall–Kier alpha value is -0.940. The molecule has 1 atom stereocenters. The summed E-state index contributed by atoms with van der Waals surface area (Å²) < 4.78 is 37.2. The van der Waals surface area contributed by atoms with Crippen molar-refractivity contribution in [3.63, 3.8) is 0 Å². The van der Waals surface area contributed by atoms with Gasteiger partial charge in [0.25, 0.3) is 0 Å². The second-order valence-corrected chi connectivity index (χ2v) is 7.90. The van der Waals surface area contributed by atoms with Crippen LogP contribution in [0.4, 0.5) is 4.39 Å². The molecule has 0 heterocycles. The highest BCUT2D eigenvalue weighted by Crippen LogP contribution is 2.25. The molecule has 1 N–H and O–H groups in total. The second-order valence-electron chi connectivity index (χ2n) is 5.43. The number of halogens is 1. The van der Waals surface area contributed by atoms with Crippen LogP contribution in [0.5, 0.6) is 0 Å². The van der Waals surface area contributed by atoms with E-state index < -0.39 is 9.84 Å². The summed E-state index contributed by atoms with van der Waals surface area (Å²) in [5, 5.41) is 3.38. The van der Waals surface area contributed by atoms with Crippen molar-refractivity contribution in [3.05, 3.63) is 35.6 Å². The average molecular weight is 299 g/mol. The molecule has 0 bridgehead atoms. The van der Waals surface area contributed by atoms with E-state index in [1.165, 1.54) is 6.07 Å². The predicted octanol–water partition coefficient (Wildman–Crippen LogP) is 2.49. The first-order valence-electron chi connectivity index (χ1n) is 7.20. The topological polar surface area (TPSA) is 46.2 Å². The standard InChI is InChI=1S/C15H22FNO2S/c1-2-20(18,19)10-9-12(11-17-13-7-8-13)14-5-3-4-6-15(14)16/h3-6,12-13,17H,2,7-11H2,1H3. The molecule has 0 radical (unpaired) electrons. The molecule has 1 aromatic carbocycles. The van der Waals surface area contributed by atoms with Crippen molar-refractivity contribution >= 4 is 9.84 Å². The lowest BCUT2D eigenvalue weighted by Gasteiger charge is -2.18. The highest BCUT2D eigenvalue weighted by Gasteiger charge is 2.24. The fraction of sp³-hybridized carbons (Fsp3) is 0.600. The molecule has 1 unspecified atom stereocenters. The van der Waals surface area contributed by atoms with Crippen LogP contribution in [0.2, 0.25) is 0 Å². The molecule has 1 aliphatic rings. The Morgan fingerprint density at radius 2 is 2.05 bits per heavy atom. The molecule has 2 rings (SSSR count). The number of rotatable bonds is 8. The molecule has 112 valence electrons. The summed E-state index contributed by atoms with van der Waals surface area (Å²) in [6.45, 7) is 2.29. The normalized spacial score (nSPS) is 17.1. The van der Waals surface area contributed by atoms with E-state index in [0.29, 0.717) is 24.6 Å². The van der Waals surface area contributed by atoms with E-state index in [9.17, 15) is 12.8 Å². The third-order valence-corrected chi connectivity index (χ3v) is 5.53. The van der Waals surface area contributed by atoms with Gasteiger partial charge in [-0.3, -0.25) is 0 Å². The Morgan fingerprint density at radius 3 is 2.65 bits per heavy atom. The van der Waals surface area contributed by atoms with Crippen LogP contribution >= 0.6 is 0 Å². The first-order valence-corrected chi connectivity index (χ1v) is 9.02. The molecule has 1 saturated carbocycles. The van der Waals surface area contributed by atoms with Crippen molar-refractivity contribution in [1.82, 2.24) is 5.32 Å². The van der Waals surface area contributed by atoms with Crippen molar-refractivity contribution in [3.8, 4) is 0 Å². The minimum Gasteiger partial charge on any atom is -0.313 e. The molecule has 1 fully saturated rings. The van der Waals surface area contributed by atoms with Gasteiger partial charge in [-0.05, 0) is 30.9 Å². The van der Waals surface area contributed by atoms with E-state index in [0.717, 1.165) is 12.8 Å². The molecule has 0 aliphatic heterocycles. The molecule has 3 nitrogen and oxygen atoms in total. The zero-order valence-corrected chi connectivity index (χ0v) is 12.6. The Labute approximate surface area is 120 Å². The van der Waals surface area contributed by atoms with Crippen LogP contribution in [0.3, 0.4) is 0 Å². The van der Waals surface area contributed by atoms with Crippen LogP contribution in [0.15, 0.2) is 24.3 Å². The van der Waals surface area contributed by atoms with E-state index in [-0.39, 0.29) is 23.2 Å². The van der Waals surface area contributed by atoms with Gasteiger partial charge in [0.1, 0.15) is 15.7 Å². The number of nitrogens with one attached hydrogen (secondary N) is 1. The maximum atomic E-state index is 13.9. The van der Waals surface area contributed by atoms with Crippen molar-refractivity contribution < 1.29 is 12.8 Å². The van der Waals surface area contributed by atoms with Gasteiger partial charge in [0.2, 0.25) is 0 Å². The maximum Gasteiger partial charge on any atom is 0.150 e. The number of hydrogen-bond donors (Lipinski definition) is 1. The fourth-order valence-electron chi connectivity index (χ4n) is 2.24. The predicted molar refractivity (Wildman–Crippen MR) is 79.1 cm³/mol. The molecule has 0 saturated heterocycles. The summed E-state index contributed by atoms with van der Waals surface area (Å²) in [4.78, 5) is 0. The lowest BCUT2D eigenvalue weighted by molar-refractivity contribution is 0.524. The van der Waals surface area contributed by atoms with E-state index in [1.54, 1.807) is 25.1 Å². The minimum atomic E-state index is -3.01. The summed E-state index contributed by atoms with van der Waals surface area (Å²) in [6, 6.07) is 7.19. The van der Waals surface area contributed by atoms with Gasteiger partial charge >= 0.3 is 0 Å². The summed E-state index contributed by atoms with van der Waals surface area (Å²) in [5.74, 6) is -0.0656. The average Bonchev–Trinajstić information content (AvgIpc) is 3.24. The van der Waals surface area contributed by atoms with Crippen LogP contribution in [-0.4, -0.2) is 32.5 Å². The van der Waals surface area contributed by atoms with Crippen LogP contribution in [0.1, 0.15) is 37.7 Å². The maximum absolute atomic E-state index is 13.9. The molecule has 1 aromatic rings.